The summed E-state index contributed by atoms with van der Waals surface area (Å²) in [5.74, 6) is 0.0318. The van der Waals surface area contributed by atoms with Crippen molar-refractivity contribution in [2.24, 2.45) is 0 Å². The number of hydrogen-bond donors (Lipinski definition) is 2. The minimum absolute atomic E-state index is 0.0318. The van der Waals surface area contributed by atoms with Gasteiger partial charge < -0.3 is 5.32 Å². The molecular formula is C15H27N3O3S. The third-order valence-electron chi connectivity index (χ3n) is 4.90. The predicted octanol–water partition coefficient (Wildman–Crippen LogP) is 0.591. The van der Waals surface area contributed by atoms with Crippen molar-refractivity contribution >= 4 is 15.9 Å². The molecule has 1 heterocycles. The van der Waals surface area contributed by atoms with Crippen LogP contribution in [-0.2, 0) is 14.8 Å². The number of nitrogens with one attached hydrogen (secondary N) is 2. The van der Waals surface area contributed by atoms with E-state index in [-0.39, 0.29) is 17.2 Å². The molecule has 0 aromatic rings. The molecule has 3 aliphatic rings. The molecule has 0 radical (unpaired) electrons. The molecule has 6 nitrogen and oxygen atoms in total. The SMILES string of the molecule is O=C(CN1CCC[C@@H](S(=O)(=O)NC2CCCC2)C1)NC1CC1. The van der Waals surface area contributed by atoms with Crippen molar-refractivity contribution < 1.29 is 13.2 Å². The Labute approximate surface area is 133 Å². The summed E-state index contributed by atoms with van der Waals surface area (Å²) in [5, 5.41) is 2.59. The van der Waals surface area contributed by atoms with E-state index in [0.717, 1.165) is 51.5 Å². The van der Waals surface area contributed by atoms with E-state index in [2.05, 4.69) is 10.0 Å². The topological polar surface area (TPSA) is 78.5 Å². The number of carbonyl (C=O) groups is 1. The maximum Gasteiger partial charge on any atom is 0.234 e. The summed E-state index contributed by atoms with van der Waals surface area (Å²) in [6, 6.07) is 0.486. The van der Waals surface area contributed by atoms with Crippen LogP contribution in [0.5, 0.6) is 0 Å². The molecule has 1 atom stereocenters. The van der Waals surface area contributed by atoms with Gasteiger partial charge in [0.1, 0.15) is 0 Å². The molecule has 0 aromatic heterocycles. The van der Waals surface area contributed by atoms with Gasteiger partial charge in [-0.1, -0.05) is 12.8 Å². The van der Waals surface area contributed by atoms with Gasteiger partial charge in [-0.25, -0.2) is 13.1 Å². The largest absolute Gasteiger partial charge is 0.352 e. The Morgan fingerprint density at radius 1 is 1.00 bits per heavy atom. The highest BCUT2D eigenvalue weighted by Gasteiger charge is 2.34. The molecule has 22 heavy (non-hydrogen) atoms. The first-order valence-electron chi connectivity index (χ1n) is 8.56. The first-order chi connectivity index (χ1) is 10.5. The third kappa shape index (κ3) is 4.43. The molecule has 1 saturated heterocycles. The fraction of sp³-hybridized carbons (Fsp3) is 0.933. The second-order valence-electron chi connectivity index (χ2n) is 6.99. The molecule has 0 bridgehead atoms. The number of piperidine rings is 1. The highest BCUT2D eigenvalue weighted by molar-refractivity contribution is 7.90. The fourth-order valence-corrected chi connectivity index (χ4v) is 5.26. The zero-order valence-corrected chi connectivity index (χ0v) is 13.9. The van der Waals surface area contributed by atoms with E-state index in [1.54, 1.807) is 0 Å². The van der Waals surface area contributed by atoms with Gasteiger partial charge in [0.05, 0.1) is 11.8 Å². The predicted molar refractivity (Wildman–Crippen MR) is 84.9 cm³/mol. The summed E-state index contributed by atoms with van der Waals surface area (Å²) in [7, 11) is -3.27. The first-order valence-corrected chi connectivity index (χ1v) is 10.1. The van der Waals surface area contributed by atoms with Crippen LogP contribution in [0.2, 0.25) is 0 Å². The monoisotopic (exact) mass is 329 g/mol. The van der Waals surface area contributed by atoms with Crippen LogP contribution in [0.15, 0.2) is 0 Å². The van der Waals surface area contributed by atoms with Crippen molar-refractivity contribution in [2.75, 3.05) is 19.6 Å². The van der Waals surface area contributed by atoms with Gasteiger partial charge in [-0.15, -0.1) is 0 Å². The van der Waals surface area contributed by atoms with Crippen molar-refractivity contribution in [1.29, 1.82) is 0 Å². The smallest absolute Gasteiger partial charge is 0.234 e. The molecule has 3 fully saturated rings. The van der Waals surface area contributed by atoms with Crippen LogP contribution >= 0.6 is 0 Å². The van der Waals surface area contributed by atoms with Crippen LogP contribution in [-0.4, -0.2) is 56.2 Å². The van der Waals surface area contributed by atoms with E-state index >= 15 is 0 Å². The van der Waals surface area contributed by atoms with Gasteiger partial charge in [0.25, 0.3) is 0 Å². The van der Waals surface area contributed by atoms with Crippen LogP contribution < -0.4 is 10.0 Å². The van der Waals surface area contributed by atoms with Crippen LogP contribution in [0, 0.1) is 0 Å². The number of rotatable bonds is 6. The summed E-state index contributed by atoms with van der Waals surface area (Å²) < 4.78 is 27.9. The molecule has 0 aromatic carbocycles. The lowest BCUT2D eigenvalue weighted by atomic mass is 10.1. The van der Waals surface area contributed by atoms with Crippen LogP contribution in [0.3, 0.4) is 0 Å². The first kappa shape index (κ1) is 16.2. The molecule has 126 valence electrons. The average Bonchev–Trinajstić information content (AvgIpc) is 3.12. The van der Waals surface area contributed by atoms with Gasteiger partial charge in [0.2, 0.25) is 15.9 Å². The van der Waals surface area contributed by atoms with E-state index < -0.39 is 10.0 Å². The molecule has 2 N–H and O–H groups in total. The summed E-state index contributed by atoms with van der Waals surface area (Å²) in [4.78, 5) is 13.9. The molecule has 1 aliphatic heterocycles. The normalized spacial score (nSPS) is 27.9. The van der Waals surface area contributed by atoms with E-state index in [0.29, 0.717) is 25.6 Å². The molecule has 2 saturated carbocycles. The third-order valence-corrected chi connectivity index (χ3v) is 6.82. The maximum absolute atomic E-state index is 12.5. The Balaban J connectivity index is 1.51. The average molecular weight is 329 g/mol. The van der Waals surface area contributed by atoms with Crippen LogP contribution in [0.1, 0.15) is 51.4 Å². The maximum atomic E-state index is 12.5. The van der Waals surface area contributed by atoms with E-state index in [1.165, 1.54) is 0 Å². The van der Waals surface area contributed by atoms with E-state index in [9.17, 15) is 13.2 Å². The van der Waals surface area contributed by atoms with Crippen molar-refractivity contribution in [3.05, 3.63) is 0 Å². The number of sulfonamides is 1. The van der Waals surface area contributed by atoms with Gasteiger partial charge in [-0.2, -0.15) is 0 Å². The standard InChI is InChI=1S/C15H27N3O3S/c19-15(16-12-7-8-12)11-18-9-3-6-14(10-18)22(20,21)17-13-4-1-2-5-13/h12-14,17H,1-11H2,(H,16,19)/t14-/m1/s1. The number of nitrogens with zero attached hydrogens (tertiary/aromatic N) is 1. The lowest BCUT2D eigenvalue weighted by molar-refractivity contribution is -0.122. The van der Waals surface area contributed by atoms with Gasteiger partial charge in [-0.3, -0.25) is 9.69 Å². The number of likely N-dealkylation sites (tertiary alicyclic amines) is 1. The van der Waals surface area contributed by atoms with Crippen LogP contribution in [0.25, 0.3) is 0 Å². The van der Waals surface area contributed by atoms with Gasteiger partial charge in [0.15, 0.2) is 0 Å². The second-order valence-corrected chi connectivity index (χ2v) is 8.98. The van der Waals surface area contributed by atoms with E-state index in [4.69, 9.17) is 0 Å². The Hall–Kier alpha value is -0.660. The number of hydrogen-bond acceptors (Lipinski definition) is 4. The number of amides is 1. The quantitative estimate of drug-likeness (QED) is 0.748. The highest BCUT2D eigenvalue weighted by atomic mass is 32.2. The van der Waals surface area contributed by atoms with Crippen molar-refractivity contribution in [3.63, 3.8) is 0 Å². The summed E-state index contributed by atoms with van der Waals surface area (Å²) in [6.45, 7) is 1.61. The Bertz CT molecular complexity index is 498. The van der Waals surface area contributed by atoms with E-state index in [1.807, 2.05) is 4.90 Å². The Morgan fingerprint density at radius 2 is 1.73 bits per heavy atom. The highest BCUT2D eigenvalue weighted by Crippen LogP contribution is 2.22. The van der Waals surface area contributed by atoms with Gasteiger partial charge >= 0.3 is 0 Å². The van der Waals surface area contributed by atoms with Crippen molar-refractivity contribution in [3.8, 4) is 0 Å². The van der Waals surface area contributed by atoms with Crippen molar-refractivity contribution in [2.45, 2.75) is 68.7 Å². The molecular weight excluding hydrogens is 302 g/mol. The molecule has 3 rings (SSSR count). The minimum Gasteiger partial charge on any atom is -0.352 e. The zero-order chi connectivity index (χ0) is 15.6. The summed E-state index contributed by atoms with van der Waals surface area (Å²) in [6.07, 6.45) is 7.84. The summed E-state index contributed by atoms with van der Waals surface area (Å²) in [5.41, 5.74) is 0. The fourth-order valence-electron chi connectivity index (χ4n) is 3.49. The second kappa shape index (κ2) is 6.84. The number of carbonyl (C=O) groups excluding carboxylic acids is 1. The van der Waals surface area contributed by atoms with Crippen LogP contribution in [0.4, 0.5) is 0 Å². The molecule has 1 amide bonds. The Morgan fingerprint density at radius 3 is 2.41 bits per heavy atom. The van der Waals surface area contributed by atoms with Crippen molar-refractivity contribution in [1.82, 2.24) is 14.9 Å². The van der Waals surface area contributed by atoms with Gasteiger partial charge in [-0.05, 0) is 45.1 Å². The van der Waals surface area contributed by atoms with Gasteiger partial charge in [0, 0.05) is 18.6 Å². The lowest BCUT2D eigenvalue weighted by Crippen LogP contribution is -2.50. The molecule has 2 aliphatic carbocycles. The zero-order valence-electron chi connectivity index (χ0n) is 13.1. The molecule has 0 unspecified atom stereocenters. The Kier molecular flexibility index (Phi) is 5.04. The molecule has 7 heteroatoms. The minimum atomic E-state index is -3.27. The lowest BCUT2D eigenvalue weighted by Gasteiger charge is -2.32. The molecule has 0 spiro atoms. The summed E-state index contributed by atoms with van der Waals surface area (Å²) >= 11 is 0.